The molecule has 3 aromatic carbocycles. The Hall–Kier alpha value is -4.70. The SMILES string of the molecule is NCc1ccc(C(=O)N(C(=O)OCC2c3ccccc3-c3ccccc32)[C@@H](CCCN=C(N)N)C(=O)O)cc1. The van der Waals surface area contributed by atoms with Gasteiger partial charge < -0.3 is 27.0 Å². The van der Waals surface area contributed by atoms with Crippen LogP contribution < -0.4 is 17.2 Å². The quantitative estimate of drug-likeness (QED) is 0.176. The number of guanidine groups is 1. The number of carboxylic acids is 1. The predicted octanol–water partition coefficient (Wildman–Crippen LogP) is 3.04. The van der Waals surface area contributed by atoms with Gasteiger partial charge in [0.1, 0.15) is 12.6 Å². The smallest absolute Gasteiger partial charge is 0.417 e. The third kappa shape index (κ3) is 6.07. The molecule has 7 N–H and O–H groups in total. The predicted molar refractivity (Wildman–Crippen MR) is 147 cm³/mol. The van der Waals surface area contributed by atoms with Crippen LogP contribution in [0.2, 0.25) is 0 Å². The fourth-order valence-electron chi connectivity index (χ4n) is 4.79. The van der Waals surface area contributed by atoms with E-state index < -0.39 is 24.0 Å². The number of aliphatic carboxylic acids is 1. The highest BCUT2D eigenvalue weighted by Gasteiger charge is 2.37. The fraction of sp³-hybridized carbons (Fsp3) is 0.241. The summed E-state index contributed by atoms with van der Waals surface area (Å²) in [5.74, 6) is -2.52. The van der Waals surface area contributed by atoms with Gasteiger partial charge in [-0.25, -0.2) is 14.5 Å². The molecule has 10 heteroatoms. The lowest BCUT2D eigenvalue weighted by atomic mass is 9.98. The van der Waals surface area contributed by atoms with Crippen molar-refractivity contribution in [2.24, 2.45) is 22.2 Å². The summed E-state index contributed by atoms with van der Waals surface area (Å²) in [4.78, 5) is 43.8. The van der Waals surface area contributed by atoms with Gasteiger partial charge in [-0.15, -0.1) is 0 Å². The van der Waals surface area contributed by atoms with Crippen LogP contribution in [0.4, 0.5) is 4.79 Å². The molecule has 1 atom stereocenters. The Bertz CT molecular complexity index is 1340. The zero-order valence-electron chi connectivity index (χ0n) is 21.3. The van der Waals surface area contributed by atoms with Gasteiger partial charge in [0.05, 0.1) is 0 Å². The first-order valence-electron chi connectivity index (χ1n) is 12.6. The van der Waals surface area contributed by atoms with Crippen LogP contribution in [0.1, 0.15) is 45.8 Å². The van der Waals surface area contributed by atoms with E-state index in [1.807, 2.05) is 48.5 Å². The molecule has 202 valence electrons. The third-order valence-electron chi connectivity index (χ3n) is 6.71. The Morgan fingerprint density at radius 3 is 2.05 bits per heavy atom. The Morgan fingerprint density at radius 1 is 0.923 bits per heavy atom. The summed E-state index contributed by atoms with van der Waals surface area (Å²) < 4.78 is 5.68. The van der Waals surface area contributed by atoms with Crippen LogP contribution in [0.15, 0.2) is 77.8 Å². The zero-order valence-corrected chi connectivity index (χ0v) is 21.3. The van der Waals surface area contributed by atoms with Crippen molar-refractivity contribution in [3.63, 3.8) is 0 Å². The highest BCUT2D eigenvalue weighted by molar-refractivity contribution is 6.05. The summed E-state index contributed by atoms with van der Waals surface area (Å²) in [7, 11) is 0. The molecular formula is C29H31N5O5. The summed E-state index contributed by atoms with van der Waals surface area (Å²) in [6.45, 7) is 0.347. The maximum Gasteiger partial charge on any atom is 0.417 e. The molecule has 1 aliphatic rings. The maximum atomic E-state index is 13.5. The minimum absolute atomic E-state index is 0.0664. The molecule has 3 aromatic rings. The lowest BCUT2D eigenvalue weighted by Crippen LogP contribution is -2.49. The van der Waals surface area contributed by atoms with Crippen LogP contribution in [-0.2, 0) is 16.1 Å². The normalized spacial score (nSPS) is 12.6. The van der Waals surface area contributed by atoms with Crippen molar-refractivity contribution in [3.8, 4) is 11.1 Å². The summed E-state index contributed by atoms with van der Waals surface area (Å²) in [5.41, 5.74) is 21.4. The Labute approximate surface area is 226 Å². The minimum Gasteiger partial charge on any atom is -0.480 e. The van der Waals surface area contributed by atoms with E-state index in [0.717, 1.165) is 27.8 Å². The maximum absolute atomic E-state index is 13.5. The molecule has 0 saturated carbocycles. The molecule has 0 aromatic heterocycles. The number of benzene rings is 3. The van der Waals surface area contributed by atoms with Crippen molar-refractivity contribution in [1.29, 1.82) is 0 Å². The van der Waals surface area contributed by atoms with Crippen LogP contribution >= 0.6 is 0 Å². The topological polar surface area (TPSA) is 174 Å². The lowest BCUT2D eigenvalue weighted by Gasteiger charge is -2.27. The first-order chi connectivity index (χ1) is 18.8. The number of hydrogen-bond acceptors (Lipinski definition) is 6. The molecule has 39 heavy (non-hydrogen) atoms. The van der Waals surface area contributed by atoms with E-state index in [-0.39, 0.29) is 50.0 Å². The number of carbonyl (C=O) groups excluding carboxylic acids is 2. The zero-order chi connectivity index (χ0) is 27.9. The van der Waals surface area contributed by atoms with Crippen molar-refractivity contribution in [1.82, 2.24) is 4.90 Å². The summed E-state index contributed by atoms with van der Waals surface area (Å²) >= 11 is 0. The molecule has 2 amide bonds. The van der Waals surface area contributed by atoms with Gasteiger partial charge in [0, 0.05) is 24.6 Å². The van der Waals surface area contributed by atoms with Crippen molar-refractivity contribution < 1.29 is 24.2 Å². The van der Waals surface area contributed by atoms with Crippen molar-refractivity contribution in [3.05, 3.63) is 95.1 Å². The van der Waals surface area contributed by atoms with Crippen LogP contribution in [0.25, 0.3) is 11.1 Å². The Balaban J connectivity index is 1.60. The molecule has 0 radical (unpaired) electrons. The van der Waals surface area contributed by atoms with E-state index in [1.54, 1.807) is 12.1 Å². The largest absolute Gasteiger partial charge is 0.480 e. The van der Waals surface area contributed by atoms with Crippen LogP contribution in [0, 0.1) is 0 Å². The van der Waals surface area contributed by atoms with Gasteiger partial charge >= 0.3 is 12.1 Å². The number of ether oxygens (including phenoxy) is 1. The molecule has 10 nitrogen and oxygen atoms in total. The Morgan fingerprint density at radius 2 is 1.51 bits per heavy atom. The van der Waals surface area contributed by atoms with Crippen molar-refractivity contribution >= 4 is 23.9 Å². The summed E-state index contributed by atoms with van der Waals surface area (Å²) in [6, 6.07) is 20.5. The van der Waals surface area contributed by atoms with Gasteiger partial charge in [0.2, 0.25) is 0 Å². The number of carbonyl (C=O) groups is 3. The first kappa shape index (κ1) is 27.3. The second-order valence-electron chi connectivity index (χ2n) is 9.18. The number of nitrogens with two attached hydrogens (primary N) is 3. The molecule has 0 fully saturated rings. The molecule has 0 aliphatic heterocycles. The average Bonchev–Trinajstić information content (AvgIpc) is 3.26. The van der Waals surface area contributed by atoms with Gasteiger partial charge in [-0.05, 0) is 52.8 Å². The molecular weight excluding hydrogens is 498 g/mol. The highest BCUT2D eigenvalue weighted by atomic mass is 16.6. The summed E-state index contributed by atoms with van der Waals surface area (Å²) in [6.07, 6.45) is -0.885. The molecule has 0 bridgehead atoms. The first-order valence-corrected chi connectivity index (χ1v) is 12.6. The van der Waals surface area contributed by atoms with Crippen LogP contribution in [0.3, 0.4) is 0 Å². The number of fused-ring (bicyclic) bond motifs is 3. The van der Waals surface area contributed by atoms with E-state index in [9.17, 15) is 19.5 Å². The lowest BCUT2D eigenvalue weighted by molar-refractivity contribution is -0.142. The van der Waals surface area contributed by atoms with E-state index >= 15 is 0 Å². The molecule has 0 heterocycles. The Kier molecular flexibility index (Phi) is 8.57. The number of carboxylic acid groups (broad SMARTS) is 1. The number of hydrogen-bond donors (Lipinski definition) is 4. The molecule has 4 rings (SSSR count). The molecule has 1 aliphatic carbocycles. The standard InChI is InChI=1S/C29H31N5O5/c30-16-18-11-13-19(14-12-18)26(35)34(25(27(36)37)10-5-15-33-28(31)32)29(38)39-17-24-22-8-3-1-6-20(22)21-7-2-4-9-23(21)24/h1-4,6-9,11-14,24-25H,5,10,15-17,30H2,(H,36,37)(H4,31,32,33)/t25-/m0/s1. The molecule has 0 unspecified atom stereocenters. The number of amides is 2. The second kappa shape index (κ2) is 12.2. The van der Waals surface area contributed by atoms with Crippen molar-refractivity contribution in [2.75, 3.05) is 13.2 Å². The average molecular weight is 530 g/mol. The van der Waals surface area contributed by atoms with Crippen molar-refractivity contribution in [2.45, 2.75) is 31.3 Å². The highest BCUT2D eigenvalue weighted by Crippen LogP contribution is 2.44. The van der Waals surface area contributed by atoms with Gasteiger partial charge in [0.15, 0.2) is 5.96 Å². The van der Waals surface area contributed by atoms with E-state index in [1.165, 1.54) is 12.1 Å². The number of imide groups is 1. The number of nitrogens with zero attached hydrogens (tertiary/aromatic N) is 2. The van der Waals surface area contributed by atoms with Gasteiger partial charge in [-0.2, -0.15) is 0 Å². The number of rotatable bonds is 10. The monoisotopic (exact) mass is 529 g/mol. The number of aliphatic imine (C=N–C) groups is 1. The molecule has 0 spiro atoms. The third-order valence-corrected chi connectivity index (χ3v) is 6.71. The van der Waals surface area contributed by atoms with Gasteiger partial charge in [-0.1, -0.05) is 60.7 Å². The van der Waals surface area contributed by atoms with Gasteiger partial charge in [-0.3, -0.25) is 9.79 Å². The van der Waals surface area contributed by atoms with Crippen LogP contribution in [-0.4, -0.2) is 53.1 Å². The van der Waals surface area contributed by atoms with E-state index in [4.69, 9.17) is 21.9 Å². The molecule has 0 saturated heterocycles. The fourth-order valence-corrected chi connectivity index (χ4v) is 4.79. The van der Waals surface area contributed by atoms with E-state index in [2.05, 4.69) is 4.99 Å². The minimum atomic E-state index is -1.49. The van der Waals surface area contributed by atoms with Crippen LogP contribution in [0.5, 0.6) is 0 Å². The summed E-state index contributed by atoms with van der Waals surface area (Å²) in [5, 5.41) is 10.0. The van der Waals surface area contributed by atoms with Gasteiger partial charge in [0.25, 0.3) is 5.91 Å². The van der Waals surface area contributed by atoms with E-state index in [0.29, 0.717) is 4.90 Å². The second-order valence-corrected chi connectivity index (χ2v) is 9.18.